The van der Waals surface area contributed by atoms with Gasteiger partial charge in [0.2, 0.25) is 0 Å². The van der Waals surface area contributed by atoms with E-state index in [9.17, 15) is 20.1 Å². The molecule has 1 aliphatic heterocycles. The fourth-order valence-corrected chi connectivity index (χ4v) is 2.02. The SMILES string of the molecule is C=C[C@](C)(CC/C=C(\C)C(=O)O)O[C@@H]1OC[C@H](O)[C@H](O)[C@H]1O. The number of aliphatic carboxylic acids is 1. The second-order valence-electron chi connectivity index (χ2n) is 5.62. The Hall–Kier alpha value is -1.25. The lowest BCUT2D eigenvalue weighted by molar-refractivity contribution is -0.292. The van der Waals surface area contributed by atoms with Crippen LogP contribution in [0.2, 0.25) is 0 Å². The summed E-state index contributed by atoms with van der Waals surface area (Å²) < 4.78 is 10.9. The molecule has 0 unspecified atom stereocenters. The predicted octanol–water partition coefficient (Wildman–Crippen LogP) is 0.198. The Labute approximate surface area is 129 Å². The number of allylic oxidation sites excluding steroid dienone is 1. The van der Waals surface area contributed by atoms with Crippen LogP contribution in [0, 0.1) is 0 Å². The first-order valence-corrected chi connectivity index (χ1v) is 7.07. The maximum Gasteiger partial charge on any atom is 0.330 e. The predicted molar refractivity (Wildman–Crippen MR) is 78.1 cm³/mol. The Morgan fingerprint density at radius 1 is 1.41 bits per heavy atom. The highest BCUT2D eigenvalue weighted by atomic mass is 16.7. The number of carboxylic acids is 1. The van der Waals surface area contributed by atoms with Crippen molar-refractivity contribution in [3.05, 3.63) is 24.3 Å². The van der Waals surface area contributed by atoms with Crippen LogP contribution in [0.3, 0.4) is 0 Å². The van der Waals surface area contributed by atoms with Crippen LogP contribution in [0.4, 0.5) is 0 Å². The number of carboxylic acid groups (broad SMARTS) is 1. The van der Waals surface area contributed by atoms with Crippen LogP contribution in [-0.4, -0.2) is 63.2 Å². The topological polar surface area (TPSA) is 116 Å². The number of ether oxygens (including phenoxy) is 2. The van der Waals surface area contributed by atoms with E-state index in [0.717, 1.165) is 0 Å². The lowest BCUT2D eigenvalue weighted by Gasteiger charge is -2.39. The molecule has 0 radical (unpaired) electrons. The molecule has 0 aromatic rings. The molecule has 1 rings (SSSR count). The summed E-state index contributed by atoms with van der Waals surface area (Å²) in [6.45, 7) is 6.75. The molecule has 1 fully saturated rings. The van der Waals surface area contributed by atoms with E-state index in [2.05, 4.69) is 6.58 Å². The molecule has 1 saturated heterocycles. The van der Waals surface area contributed by atoms with Crippen molar-refractivity contribution < 1.29 is 34.7 Å². The average molecular weight is 316 g/mol. The highest BCUT2D eigenvalue weighted by Gasteiger charge is 2.41. The van der Waals surface area contributed by atoms with E-state index in [1.165, 1.54) is 13.0 Å². The van der Waals surface area contributed by atoms with Crippen LogP contribution in [0.5, 0.6) is 0 Å². The zero-order chi connectivity index (χ0) is 16.9. The van der Waals surface area contributed by atoms with E-state index in [1.807, 2.05) is 0 Å². The number of rotatable bonds is 7. The maximum absolute atomic E-state index is 10.7. The van der Waals surface area contributed by atoms with E-state index in [-0.39, 0.29) is 12.2 Å². The summed E-state index contributed by atoms with van der Waals surface area (Å²) in [5.74, 6) is -0.982. The molecule has 0 aromatic carbocycles. The van der Waals surface area contributed by atoms with Crippen LogP contribution in [0.25, 0.3) is 0 Å². The second kappa shape index (κ2) is 7.85. The third-order valence-electron chi connectivity index (χ3n) is 3.70. The normalized spacial score (nSPS) is 32.3. The first-order chi connectivity index (χ1) is 10.2. The van der Waals surface area contributed by atoms with Crippen molar-refractivity contribution in [2.75, 3.05) is 6.61 Å². The zero-order valence-corrected chi connectivity index (χ0v) is 12.8. The van der Waals surface area contributed by atoms with Gasteiger partial charge in [-0.05, 0) is 26.7 Å². The highest BCUT2D eigenvalue weighted by molar-refractivity contribution is 5.85. The van der Waals surface area contributed by atoms with Crippen LogP contribution in [-0.2, 0) is 14.3 Å². The van der Waals surface area contributed by atoms with Gasteiger partial charge in [0.15, 0.2) is 6.29 Å². The zero-order valence-electron chi connectivity index (χ0n) is 12.8. The van der Waals surface area contributed by atoms with Crippen LogP contribution in [0.15, 0.2) is 24.3 Å². The Balaban J connectivity index is 2.64. The fraction of sp³-hybridized carbons (Fsp3) is 0.667. The van der Waals surface area contributed by atoms with Gasteiger partial charge in [0.05, 0.1) is 12.2 Å². The number of aliphatic hydroxyl groups excluding tert-OH is 3. The molecule has 0 aliphatic carbocycles. The number of aliphatic hydroxyl groups is 3. The van der Waals surface area contributed by atoms with Gasteiger partial charge >= 0.3 is 5.97 Å². The Bertz CT molecular complexity index is 434. The molecule has 4 N–H and O–H groups in total. The van der Waals surface area contributed by atoms with E-state index in [4.69, 9.17) is 14.6 Å². The molecular weight excluding hydrogens is 292 g/mol. The van der Waals surface area contributed by atoms with Crippen molar-refractivity contribution in [1.82, 2.24) is 0 Å². The summed E-state index contributed by atoms with van der Waals surface area (Å²) in [6.07, 6.45) is -1.01. The van der Waals surface area contributed by atoms with Crippen molar-refractivity contribution in [2.24, 2.45) is 0 Å². The molecule has 0 amide bonds. The summed E-state index contributed by atoms with van der Waals surface area (Å²) in [4.78, 5) is 10.7. The summed E-state index contributed by atoms with van der Waals surface area (Å²) in [5.41, 5.74) is -0.637. The lowest BCUT2D eigenvalue weighted by Crippen LogP contribution is -2.55. The van der Waals surface area contributed by atoms with Crippen LogP contribution < -0.4 is 0 Å². The monoisotopic (exact) mass is 316 g/mol. The van der Waals surface area contributed by atoms with E-state index >= 15 is 0 Å². The third-order valence-corrected chi connectivity index (χ3v) is 3.70. The molecule has 22 heavy (non-hydrogen) atoms. The van der Waals surface area contributed by atoms with Gasteiger partial charge in [0, 0.05) is 5.57 Å². The van der Waals surface area contributed by atoms with E-state index in [1.54, 1.807) is 13.0 Å². The van der Waals surface area contributed by atoms with Crippen LogP contribution >= 0.6 is 0 Å². The maximum atomic E-state index is 10.7. The van der Waals surface area contributed by atoms with E-state index < -0.39 is 36.2 Å². The summed E-state index contributed by atoms with van der Waals surface area (Å²) in [5, 5.41) is 37.7. The fourth-order valence-electron chi connectivity index (χ4n) is 2.02. The van der Waals surface area contributed by atoms with Crippen molar-refractivity contribution in [3.63, 3.8) is 0 Å². The van der Waals surface area contributed by atoms with Crippen molar-refractivity contribution in [3.8, 4) is 0 Å². The first kappa shape index (κ1) is 18.8. The number of hydrogen-bond acceptors (Lipinski definition) is 6. The van der Waals surface area contributed by atoms with Gasteiger partial charge in [-0.2, -0.15) is 0 Å². The van der Waals surface area contributed by atoms with Crippen molar-refractivity contribution >= 4 is 5.97 Å². The van der Waals surface area contributed by atoms with Gasteiger partial charge in [-0.25, -0.2) is 4.79 Å². The minimum Gasteiger partial charge on any atom is -0.478 e. The molecule has 7 heteroatoms. The molecule has 1 heterocycles. The van der Waals surface area contributed by atoms with Gasteiger partial charge < -0.3 is 29.9 Å². The van der Waals surface area contributed by atoms with Crippen molar-refractivity contribution in [1.29, 1.82) is 0 Å². The quantitative estimate of drug-likeness (QED) is 0.391. The lowest BCUT2D eigenvalue weighted by atomic mass is 9.98. The second-order valence-corrected chi connectivity index (χ2v) is 5.62. The highest BCUT2D eigenvalue weighted by Crippen LogP contribution is 2.26. The number of hydrogen-bond donors (Lipinski definition) is 4. The largest absolute Gasteiger partial charge is 0.478 e. The minimum atomic E-state index is -1.38. The molecule has 0 bridgehead atoms. The molecule has 5 atom stereocenters. The van der Waals surface area contributed by atoms with Gasteiger partial charge in [-0.3, -0.25) is 0 Å². The Morgan fingerprint density at radius 3 is 2.59 bits per heavy atom. The molecule has 126 valence electrons. The van der Waals surface area contributed by atoms with Gasteiger partial charge in [0.1, 0.15) is 18.3 Å². The number of carbonyl (C=O) groups is 1. The van der Waals surface area contributed by atoms with Gasteiger partial charge in [-0.1, -0.05) is 12.2 Å². The van der Waals surface area contributed by atoms with E-state index in [0.29, 0.717) is 12.8 Å². The molecule has 0 spiro atoms. The van der Waals surface area contributed by atoms with Crippen LogP contribution in [0.1, 0.15) is 26.7 Å². The molecule has 7 nitrogen and oxygen atoms in total. The van der Waals surface area contributed by atoms with Crippen molar-refractivity contribution in [2.45, 2.75) is 56.9 Å². The minimum absolute atomic E-state index is 0.145. The molecule has 0 aromatic heterocycles. The first-order valence-electron chi connectivity index (χ1n) is 7.07. The standard InChI is InChI=1S/C15H24O7/c1-4-15(3,7-5-6-9(2)13(19)20)22-14-12(18)11(17)10(16)8-21-14/h4,6,10-12,14,16-18H,1,5,7-8H2,2-3H3,(H,19,20)/b9-6+/t10-,11-,12+,14-,15+/m0/s1. The molecule has 1 aliphatic rings. The molecule has 0 saturated carbocycles. The van der Waals surface area contributed by atoms with Gasteiger partial charge in [0.25, 0.3) is 0 Å². The third kappa shape index (κ3) is 4.89. The molecular formula is C15H24O7. The summed E-state index contributed by atoms with van der Waals surface area (Å²) in [6, 6.07) is 0. The van der Waals surface area contributed by atoms with Gasteiger partial charge in [-0.15, -0.1) is 6.58 Å². The Morgan fingerprint density at radius 2 is 2.05 bits per heavy atom. The summed E-state index contributed by atoms with van der Waals surface area (Å²) in [7, 11) is 0. The smallest absolute Gasteiger partial charge is 0.330 e. The summed E-state index contributed by atoms with van der Waals surface area (Å²) >= 11 is 0. The average Bonchev–Trinajstić information content (AvgIpc) is 2.47. The Kier molecular flexibility index (Phi) is 6.70.